The molecule has 5 aromatic carbocycles. The number of esters is 1. The fraction of sp³-hybridized carbons (Fsp3) is 0.0270. The van der Waals surface area contributed by atoms with Crippen molar-refractivity contribution < 1.29 is 23.5 Å². The number of rotatable bonds is 8. The molecule has 0 aliphatic heterocycles. The Kier molecular flexibility index (Phi) is 7.47. The number of allylic oxidation sites excluding steroid dienone is 1. The smallest absolute Gasteiger partial charge is 0.348 e. The molecule has 6 aromatic rings. The van der Waals surface area contributed by atoms with Crippen LogP contribution < -0.4 is 9.47 Å². The molecule has 42 heavy (non-hydrogen) atoms. The van der Waals surface area contributed by atoms with E-state index in [2.05, 4.69) is 0 Å². The molecule has 6 rings (SSSR count). The minimum Gasteiger partial charge on any atom is -0.497 e. The predicted octanol–water partition coefficient (Wildman–Crippen LogP) is 8.89. The minimum atomic E-state index is -0.579. The summed E-state index contributed by atoms with van der Waals surface area (Å²) in [5.74, 6) is 0.586. The zero-order valence-corrected chi connectivity index (χ0v) is 22.8. The number of hydrogen-bond donors (Lipinski definition) is 0. The van der Waals surface area contributed by atoms with Gasteiger partial charge < -0.3 is 13.9 Å². The van der Waals surface area contributed by atoms with E-state index in [1.807, 2.05) is 91.0 Å². The molecule has 0 radical (unpaired) electrons. The quantitative estimate of drug-likeness (QED) is 0.0819. The summed E-state index contributed by atoms with van der Waals surface area (Å²) in [7, 11) is 1.57. The predicted molar refractivity (Wildman–Crippen MR) is 165 cm³/mol. The van der Waals surface area contributed by atoms with E-state index in [0.717, 1.165) is 16.7 Å². The van der Waals surface area contributed by atoms with Crippen molar-refractivity contribution in [3.05, 3.63) is 150 Å². The Morgan fingerprint density at radius 3 is 2.05 bits per heavy atom. The molecule has 5 nitrogen and oxygen atoms in total. The molecule has 0 fully saturated rings. The number of carbonyl (C=O) groups is 2. The average molecular weight is 551 g/mol. The van der Waals surface area contributed by atoms with Crippen LogP contribution in [0.3, 0.4) is 0 Å². The van der Waals surface area contributed by atoms with E-state index in [1.54, 1.807) is 49.6 Å². The van der Waals surface area contributed by atoms with E-state index in [0.29, 0.717) is 44.9 Å². The maximum atomic E-state index is 13.7. The van der Waals surface area contributed by atoms with Gasteiger partial charge in [-0.05, 0) is 47.5 Å². The molecular formula is C37H26O5. The van der Waals surface area contributed by atoms with Crippen LogP contribution in [0.5, 0.6) is 11.5 Å². The first kappa shape index (κ1) is 26.5. The number of ketones is 1. The highest BCUT2D eigenvalue weighted by Crippen LogP contribution is 2.36. The number of carbonyl (C=O) groups excluding carboxylic acids is 2. The number of hydrogen-bond acceptors (Lipinski definition) is 5. The molecule has 0 saturated carbocycles. The van der Waals surface area contributed by atoms with Crippen LogP contribution in [0.2, 0.25) is 0 Å². The van der Waals surface area contributed by atoms with Crippen molar-refractivity contribution >= 4 is 28.8 Å². The number of ether oxygens (including phenoxy) is 2. The van der Waals surface area contributed by atoms with Crippen LogP contribution in [-0.4, -0.2) is 18.9 Å². The molecule has 0 aliphatic carbocycles. The third-order valence-corrected chi connectivity index (χ3v) is 6.95. The Balaban J connectivity index is 1.28. The summed E-state index contributed by atoms with van der Waals surface area (Å²) in [4.78, 5) is 26.7. The largest absolute Gasteiger partial charge is 0.497 e. The van der Waals surface area contributed by atoms with Gasteiger partial charge in [-0.25, -0.2) is 4.79 Å². The normalized spacial score (nSPS) is 11.1. The molecule has 204 valence electrons. The van der Waals surface area contributed by atoms with Gasteiger partial charge in [0.05, 0.1) is 7.11 Å². The van der Waals surface area contributed by atoms with E-state index in [-0.39, 0.29) is 5.78 Å². The zero-order valence-electron chi connectivity index (χ0n) is 22.8. The summed E-state index contributed by atoms with van der Waals surface area (Å²) in [5.41, 5.74) is 4.85. The zero-order chi connectivity index (χ0) is 28.9. The van der Waals surface area contributed by atoms with Crippen LogP contribution in [0.25, 0.3) is 39.5 Å². The molecule has 0 N–H and O–H groups in total. The number of para-hydroxylation sites is 1. The minimum absolute atomic E-state index is 0.157. The Hall–Kier alpha value is -5.68. The van der Waals surface area contributed by atoms with Gasteiger partial charge in [0.1, 0.15) is 28.4 Å². The van der Waals surface area contributed by atoms with Gasteiger partial charge in [0.15, 0.2) is 5.78 Å². The molecule has 0 spiro atoms. The lowest BCUT2D eigenvalue weighted by molar-refractivity contribution is 0.0736. The van der Waals surface area contributed by atoms with E-state index in [1.165, 1.54) is 6.08 Å². The molecule has 0 aliphatic rings. The molecule has 0 atom stereocenters. The average Bonchev–Trinajstić information content (AvgIpc) is 3.44. The van der Waals surface area contributed by atoms with Crippen LogP contribution in [0.1, 0.15) is 26.3 Å². The van der Waals surface area contributed by atoms with E-state index in [9.17, 15) is 9.59 Å². The second kappa shape index (κ2) is 11.8. The lowest BCUT2D eigenvalue weighted by Crippen LogP contribution is -2.10. The van der Waals surface area contributed by atoms with Gasteiger partial charge in [-0.3, -0.25) is 4.79 Å². The first-order chi connectivity index (χ1) is 20.6. The van der Waals surface area contributed by atoms with Crippen LogP contribution in [-0.2, 0) is 0 Å². The Morgan fingerprint density at radius 1 is 0.690 bits per heavy atom. The molecule has 0 unspecified atom stereocenters. The number of fused-ring (bicyclic) bond motifs is 1. The van der Waals surface area contributed by atoms with Gasteiger partial charge in [-0.1, -0.05) is 103 Å². The molecule has 5 heteroatoms. The summed E-state index contributed by atoms with van der Waals surface area (Å²) < 4.78 is 17.5. The van der Waals surface area contributed by atoms with E-state index in [4.69, 9.17) is 13.9 Å². The Labute approximate surface area is 243 Å². The maximum Gasteiger partial charge on any atom is 0.348 e. The first-order valence-electron chi connectivity index (χ1n) is 13.5. The van der Waals surface area contributed by atoms with Crippen molar-refractivity contribution in [2.45, 2.75) is 0 Å². The standard InChI is InChI=1S/C37H26O5/c1-40-30-21-23-34-31(24-30)35(36(41-34)29-13-6-3-7-14-29)37(39)42-33-15-9-8-12-28(33)20-22-32(38)27-18-16-26(17-19-27)25-10-4-2-5-11-25/h2-24H,1H3/b22-20+. The Bertz CT molecular complexity index is 1900. The molecule has 0 amide bonds. The summed E-state index contributed by atoms with van der Waals surface area (Å²) in [6, 6.07) is 39.3. The van der Waals surface area contributed by atoms with Gasteiger partial charge in [-0.15, -0.1) is 0 Å². The molecule has 0 saturated heterocycles. The summed E-state index contributed by atoms with van der Waals surface area (Å²) in [6.07, 6.45) is 3.14. The van der Waals surface area contributed by atoms with Crippen LogP contribution in [0.15, 0.2) is 138 Å². The first-order valence-corrected chi connectivity index (χ1v) is 13.5. The van der Waals surface area contributed by atoms with Gasteiger partial charge in [-0.2, -0.15) is 0 Å². The highest BCUT2D eigenvalue weighted by Gasteiger charge is 2.25. The van der Waals surface area contributed by atoms with Gasteiger partial charge in [0, 0.05) is 22.1 Å². The van der Waals surface area contributed by atoms with Gasteiger partial charge in [0.25, 0.3) is 0 Å². The van der Waals surface area contributed by atoms with E-state index >= 15 is 0 Å². The topological polar surface area (TPSA) is 65.7 Å². The number of furan rings is 1. The Morgan fingerprint density at radius 2 is 1.33 bits per heavy atom. The maximum absolute atomic E-state index is 13.7. The fourth-order valence-corrected chi connectivity index (χ4v) is 4.78. The van der Waals surface area contributed by atoms with Crippen molar-refractivity contribution in [3.8, 4) is 33.9 Å². The van der Waals surface area contributed by atoms with Gasteiger partial charge >= 0.3 is 5.97 Å². The second-order valence-corrected chi connectivity index (χ2v) is 9.60. The second-order valence-electron chi connectivity index (χ2n) is 9.60. The monoisotopic (exact) mass is 550 g/mol. The highest BCUT2D eigenvalue weighted by molar-refractivity contribution is 6.10. The molecule has 0 bridgehead atoms. The van der Waals surface area contributed by atoms with Crippen molar-refractivity contribution in [1.29, 1.82) is 0 Å². The van der Waals surface area contributed by atoms with Crippen LogP contribution in [0.4, 0.5) is 0 Å². The molecule has 1 aromatic heterocycles. The fourth-order valence-electron chi connectivity index (χ4n) is 4.78. The lowest BCUT2D eigenvalue weighted by atomic mass is 10.0. The molecular weight excluding hydrogens is 524 g/mol. The van der Waals surface area contributed by atoms with Crippen LogP contribution in [0, 0.1) is 0 Å². The number of benzene rings is 5. The molecule has 1 heterocycles. The summed E-state index contributed by atoms with van der Waals surface area (Å²) in [6.45, 7) is 0. The number of methoxy groups -OCH3 is 1. The van der Waals surface area contributed by atoms with Crippen molar-refractivity contribution in [3.63, 3.8) is 0 Å². The lowest BCUT2D eigenvalue weighted by Gasteiger charge is -2.08. The van der Waals surface area contributed by atoms with Crippen LogP contribution >= 0.6 is 0 Å². The van der Waals surface area contributed by atoms with Crippen molar-refractivity contribution in [1.82, 2.24) is 0 Å². The summed E-state index contributed by atoms with van der Waals surface area (Å²) in [5, 5.41) is 0.584. The highest BCUT2D eigenvalue weighted by atomic mass is 16.5. The van der Waals surface area contributed by atoms with Crippen molar-refractivity contribution in [2.24, 2.45) is 0 Å². The van der Waals surface area contributed by atoms with Crippen molar-refractivity contribution in [2.75, 3.05) is 7.11 Å². The van der Waals surface area contributed by atoms with E-state index < -0.39 is 5.97 Å². The third kappa shape index (κ3) is 5.49. The SMILES string of the molecule is COc1ccc2oc(-c3ccccc3)c(C(=O)Oc3ccccc3/C=C/C(=O)c3ccc(-c4ccccc4)cc3)c2c1. The summed E-state index contributed by atoms with van der Waals surface area (Å²) >= 11 is 0. The third-order valence-electron chi connectivity index (χ3n) is 6.95. The van der Waals surface area contributed by atoms with Gasteiger partial charge in [0.2, 0.25) is 0 Å².